The highest BCUT2D eigenvalue weighted by molar-refractivity contribution is 5.78. The van der Waals surface area contributed by atoms with E-state index in [9.17, 15) is 18.0 Å². The molecule has 0 aliphatic carbocycles. The fourth-order valence-corrected chi connectivity index (χ4v) is 0.861. The molecule has 0 atom stereocenters. The van der Waals surface area contributed by atoms with Gasteiger partial charge in [-0.25, -0.2) is 4.79 Å². The van der Waals surface area contributed by atoms with Crippen LogP contribution in [-0.2, 0) is 4.79 Å². The van der Waals surface area contributed by atoms with Crippen LogP contribution in [0.25, 0.3) is 0 Å². The molecule has 0 unspecified atom stereocenters. The third kappa shape index (κ3) is 2.87. The van der Waals surface area contributed by atoms with E-state index in [2.05, 4.69) is 4.74 Å². The summed E-state index contributed by atoms with van der Waals surface area (Å²) in [6.45, 7) is 0. The van der Waals surface area contributed by atoms with Crippen LogP contribution in [0.15, 0.2) is 24.3 Å². The largest absolute Gasteiger partial charge is 0.493 e. The molecule has 15 heavy (non-hydrogen) atoms. The molecule has 0 spiro atoms. The van der Waals surface area contributed by atoms with Gasteiger partial charge in [-0.15, -0.1) is 0 Å². The molecule has 0 bridgehead atoms. The van der Waals surface area contributed by atoms with Gasteiger partial charge < -0.3 is 9.47 Å². The Morgan fingerprint density at radius 1 is 1.20 bits per heavy atom. The van der Waals surface area contributed by atoms with Gasteiger partial charge in [0.2, 0.25) is 0 Å². The number of benzene rings is 1. The fourth-order valence-electron chi connectivity index (χ4n) is 0.861. The maximum absolute atomic E-state index is 11.9. The van der Waals surface area contributed by atoms with Gasteiger partial charge in [0, 0.05) is 0 Å². The summed E-state index contributed by atoms with van der Waals surface area (Å²) in [7, 11) is 1.26. The smallest absolute Gasteiger partial charge is 0.491 e. The number of para-hydroxylation sites is 2. The van der Waals surface area contributed by atoms with Gasteiger partial charge in [-0.1, -0.05) is 12.1 Å². The maximum Gasteiger partial charge on any atom is 0.491 e. The summed E-state index contributed by atoms with van der Waals surface area (Å²) in [5, 5.41) is 0. The van der Waals surface area contributed by atoms with Gasteiger partial charge in [0.15, 0.2) is 11.5 Å². The first-order valence-corrected chi connectivity index (χ1v) is 3.87. The normalized spacial score (nSPS) is 10.9. The van der Waals surface area contributed by atoms with Crippen LogP contribution in [0.1, 0.15) is 0 Å². The second-order valence-corrected chi connectivity index (χ2v) is 2.54. The van der Waals surface area contributed by atoms with Gasteiger partial charge >= 0.3 is 12.1 Å². The quantitative estimate of drug-likeness (QED) is 0.566. The highest BCUT2D eigenvalue weighted by Gasteiger charge is 2.41. The predicted molar refractivity (Wildman–Crippen MR) is 44.7 cm³/mol. The molecular formula is C9H7F3O3. The van der Waals surface area contributed by atoms with E-state index in [4.69, 9.17) is 4.74 Å². The Morgan fingerprint density at radius 2 is 1.73 bits per heavy atom. The number of ether oxygens (including phenoxy) is 2. The highest BCUT2D eigenvalue weighted by atomic mass is 19.4. The Balaban J connectivity index is 2.85. The lowest BCUT2D eigenvalue weighted by Crippen LogP contribution is -2.28. The summed E-state index contributed by atoms with van der Waals surface area (Å²) in [6, 6.07) is 5.58. The Morgan fingerprint density at radius 3 is 2.20 bits per heavy atom. The van der Waals surface area contributed by atoms with Gasteiger partial charge in [0.1, 0.15) is 0 Å². The average Bonchev–Trinajstić information content (AvgIpc) is 2.17. The number of hydrogen-bond donors (Lipinski definition) is 0. The lowest BCUT2D eigenvalue weighted by Gasteiger charge is -2.09. The number of alkyl halides is 3. The molecule has 6 heteroatoms. The molecule has 0 aliphatic heterocycles. The molecule has 1 aromatic carbocycles. The zero-order valence-corrected chi connectivity index (χ0v) is 7.67. The lowest BCUT2D eigenvalue weighted by atomic mass is 10.3. The zero-order chi connectivity index (χ0) is 11.5. The van der Waals surface area contributed by atoms with Gasteiger partial charge in [-0.2, -0.15) is 13.2 Å². The Kier molecular flexibility index (Phi) is 3.18. The monoisotopic (exact) mass is 220 g/mol. The topological polar surface area (TPSA) is 35.5 Å². The molecule has 3 nitrogen and oxygen atoms in total. The molecule has 0 fully saturated rings. The molecule has 0 amide bonds. The van der Waals surface area contributed by atoms with Crippen molar-refractivity contribution >= 4 is 5.97 Å². The first kappa shape index (κ1) is 11.4. The number of halogens is 3. The van der Waals surface area contributed by atoms with Crippen LogP contribution in [0, 0.1) is 0 Å². The van der Waals surface area contributed by atoms with Crippen LogP contribution in [0.2, 0.25) is 0 Å². The summed E-state index contributed by atoms with van der Waals surface area (Å²) in [5.41, 5.74) is 0. The Labute approximate surface area is 83.4 Å². The predicted octanol–water partition coefficient (Wildman–Crippen LogP) is 2.16. The minimum absolute atomic E-state index is 0.0649. The van der Waals surface area contributed by atoms with E-state index in [-0.39, 0.29) is 11.5 Å². The molecule has 0 radical (unpaired) electrons. The third-order valence-corrected chi connectivity index (χ3v) is 1.50. The van der Waals surface area contributed by atoms with Crippen molar-refractivity contribution in [2.75, 3.05) is 7.11 Å². The van der Waals surface area contributed by atoms with Crippen LogP contribution in [0.4, 0.5) is 13.2 Å². The summed E-state index contributed by atoms with van der Waals surface area (Å²) >= 11 is 0. The summed E-state index contributed by atoms with van der Waals surface area (Å²) in [6.07, 6.45) is -5.01. The van der Waals surface area contributed by atoms with Crippen LogP contribution in [-0.4, -0.2) is 19.3 Å². The van der Waals surface area contributed by atoms with Gasteiger partial charge in [0.25, 0.3) is 0 Å². The zero-order valence-electron chi connectivity index (χ0n) is 7.67. The van der Waals surface area contributed by atoms with Gasteiger partial charge in [-0.3, -0.25) is 0 Å². The molecule has 1 rings (SSSR count). The van der Waals surface area contributed by atoms with Crippen molar-refractivity contribution in [1.82, 2.24) is 0 Å². The third-order valence-electron chi connectivity index (χ3n) is 1.50. The van der Waals surface area contributed by atoms with Crippen LogP contribution < -0.4 is 9.47 Å². The molecule has 0 aromatic heterocycles. The van der Waals surface area contributed by atoms with E-state index < -0.39 is 12.1 Å². The van der Waals surface area contributed by atoms with E-state index in [1.807, 2.05) is 0 Å². The van der Waals surface area contributed by atoms with Crippen LogP contribution in [0.5, 0.6) is 11.5 Å². The van der Waals surface area contributed by atoms with Crippen molar-refractivity contribution in [2.24, 2.45) is 0 Å². The molecule has 0 heterocycles. The first-order valence-electron chi connectivity index (χ1n) is 3.87. The van der Waals surface area contributed by atoms with Gasteiger partial charge in [0.05, 0.1) is 7.11 Å². The molecule has 0 N–H and O–H groups in total. The van der Waals surface area contributed by atoms with E-state index in [1.54, 1.807) is 6.07 Å². The number of hydrogen-bond acceptors (Lipinski definition) is 3. The minimum atomic E-state index is -5.01. The first-order chi connectivity index (χ1) is 6.95. The summed E-state index contributed by atoms with van der Waals surface area (Å²) in [5.74, 6) is -2.47. The fraction of sp³-hybridized carbons (Fsp3) is 0.222. The number of rotatable bonds is 2. The highest BCUT2D eigenvalue weighted by Crippen LogP contribution is 2.28. The van der Waals surface area contributed by atoms with E-state index in [0.717, 1.165) is 0 Å². The number of esters is 1. The van der Waals surface area contributed by atoms with Crippen LogP contribution in [0.3, 0.4) is 0 Å². The SMILES string of the molecule is COc1ccccc1OC(=O)C(F)(F)F. The standard InChI is InChI=1S/C9H7F3O3/c1-14-6-4-2-3-5-7(6)15-8(13)9(10,11)12/h2-5H,1H3. The molecule has 82 valence electrons. The van der Waals surface area contributed by atoms with Crippen molar-refractivity contribution in [3.8, 4) is 11.5 Å². The molecule has 1 aromatic rings. The molecule has 0 saturated heterocycles. The molecule has 0 aliphatic rings. The van der Waals surface area contributed by atoms with E-state index >= 15 is 0 Å². The second-order valence-electron chi connectivity index (χ2n) is 2.54. The summed E-state index contributed by atoms with van der Waals surface area (Å²) < 4.78 is 44.4. The van der Waals surface area contributed by atoms with E-state index in [0.29, 0.717) is 0 Å². The van der Waals surface area contributed by atoms with Crippen molar-refractivity contribution in [3.05, 3.63) is 24.3 Å². The average molecular weight is 220 g/mol. The number of carbonyl (C=O) groups is 1. The van der Waals surface area contributed by atoms with E-state index in [1.165, 1.54) is 25.3 Å². The number of methoxy groups -OCH3 is 1. The van der Waals surface area contributed by atoms with Crippen molar-refractivity contribution < 1.29 is 27.4 Å². The Bertz CT molecular complexity index is 360. The molecular weight excluding hydrogens is 213 g/mol. The Hall–Kier alpha value is -1.72. The number of carbonyl (C=O) groups excluding carboxylic acids is 1. The second kappa shape index (κ2) is 4.20. The maximum atomic E-state index is 11.9. The minimum Gasteiger partial charge on any atom is -0.493 e. The van der Waals surface area contributed by atoms with Crippen molar-refractivity contribution in [3.63, 3.8) is 0 Å². The summed E-state index contributed by atoms with van der Waals surface area (Å²) in [4.78, 5) is 10.5. The van der Waals surface area contributed by atoms with Crippen molar-refractivity contribution in [1.29, 1.82) is 0 Å². The van der Waals surface area contributed by atoms with Crippen LogP contribution >= 0.6 is 0 Å². The lowest BCUT2D eigenvalue weighted by molar-refractivity contribution is -0.189. The molecule has 0 saturated carbocycles. The van der Waals surface area contributed by atoms with Crippen molar-refractivity contribution in [2.45, 2.75) is 6.18 Å². The van der Waals surface area contributed by atoms with Gasteiger partial charge in [-0.05, 0) is 12.1 Å².